The average Bonchev–Trinajstić information content (AvgIpc) is 2.33. The van der Waals surface area contributed by atoms with Gasteiger partial charge in [0.2, 0.25) is 5.69 Å². The lowest BCUT2D eigenvalue weighted by Gasteiger charge is -2.02. The molecule has 2 aromatic rings. The van der Waals surface area contributed by atoms with E-state index in [-0.39, 0.29) is 0 Å². The largest absolute Gasteiger partial charge is 0.618 e. The van der Waals surface area contributed by atoms with Crippen molar-refractivity contribution >= 4 is 27.8 Å². The molecule has 2 nitrogen and oxygen atoms in total. The minimum absolute atomic E-state index is 0.630. The van der Waals surface area contributed by atoms with Crippen LogP contribution in [0.25, 0.3) is 0 Å². The van der Waals surface area contributed by atoms with E-state index in [0.717, 1.165) is 14.8 Å². The summed E-state index contributed by atoms with van der Waals surface area (Å²) in [5.41, 5.74) is 1.51. The van der Waals surface area contributed by atoms with Crippen LogP contribution in [0.1, 0.15) is 5.56 Å². The fourth-order valence-corrected chi connectivity index (χ4v) is 1.60. The second-order valence-corrected chi connectivity index (χ2v) is 4.26. The molecule has 3 heteroatoms. The standard InChI is InChI=1S/C13H10BrNO/c14-12-8-6-11(7-9-12)10-15(16)13-4-2-1-3-5-13/h1-10H. The predicted molar refractivity (Wildman–Crippen MR) is 69.0 cm³/mol. The molecule has 0 fully saturated rings. The monoisotopic (exact) mass is 275 g/mol. The first-order valence-electron chi connectivity index (χ1n) is 4.87. The molecule has 0 N–H and O–H groups in total. The molecular formula is C13H10BrNO. The van der Waals surface area contributed by atoms with Gasteiger partial charge in [-0.05, 0) is 24.3 Å². The molecule has 0 aliphatic rings. The van der Waals surface area contributed by atoms with Crippen LogP contribution in [0, 0.1) is 5.21 Å². The Bertz CT molecular complexity index is 491. The highest BCUT2D eigenvalue weighted by atomic mass is 79.9. The first-order chi connectivity index (χ1) is 7.75. The fourth-order valence-electron chi connectivity index (χ4n) is 1.33. The minimum Gasteiger partial charge on any atom is -0.618 e. The molecule has 16 heavy (non-hydrogen) atoms. The van der Waals surface area contributed by atoms with Crippen LogP contribution in [0.2, 0.25) is 0 Å². The summed E-state index contributed by atoms with van der Waals surface area (Å²) in [6.45, 7) is 0. The van der Waals surface area contributed by atoms with E-state index in [1.165, 1.54) is 0 Å². The highest BCUT2D eigenvalue weighted by molar-refractivity contribution is 9.10. The molecule has 0 aliphatic carbocycles. The Morgan fingerprint density at radius 3 is 2.19 bits per heavy atom. The Labute approximate surface area is 103 Å². The van der Waals surface area contributed by atoms with Crippen molar-refractivity contribution in [1.82, 2.24) is 0 Å². The number of rotatable bonds is 2. The van der Waals surface area contributed by atoms with Gasteiger partial charge >= 0.3 is 0 Å². The van der Waals surface area contributed by atoms with Crippen molar-refractivity contribution in [3.63, 3.8) is 0 Å². The highest BCUT2D eigenvalue weighted by Gasteiger charge is 1.99. The van der Waals surface area contributed by atoms with Crippen LogP contribution in [0.3, 0.4) is 0 Å². The van der Waals surface area contributed by atoms with Gasteiger partial charge in [-0.15, -0.1) is 0 Å². The zero-order valence-corrected chi connectivity index (χ0v) is 10.1. The van der Waals surface area contributed by atoms with Crippen LogP contribution >= 0.6 is 15.9 Å². The number of nitrogens with zero attached hydrogens (tertiary/aromatic N) is 1. The van der Waals surface area contributed by atoms with E-state index in [2.05, 4.69) is 15.9 Å². The molecule has 2 rings (SSSR count). The summed E-state index contributed by atoms with van der Waals surface area (Å²) >= 11 is 3.35. The lowest BCUT2D eigenvalue weighted by atomic mass is 10.2. The molecular weight excluding hydrogens is 266 g/mol. The first-order valence-corrected chi connectivity index (χ1v) is 5.67. The zero-order chi connectivity index (χ0) is 11.4. The smallest absolute Gasteiger partial charge is 0.216 e. The van der Waals surface area contributed by atoms with Crippen molar-refractivity contribution < 1.29 is 4.74 Å². The number of hydrogen-bond donors (Lipinski definition) is 0. The van der Waals surface area contributed by atoms with Crippen molar-refractivity contribution in [3.8, 4) is 0 Å². The third kappa shape index (κ3) is 2.70. The van der Waals surface area contributed by atoms with Gasteiger partial charge in [0.25, 0.3) is 0 Å². The summed E-state index contributed by atoms with van der Waals surface area (Å²) in [7, 11) is 0. The minimum atomic E-state index is 0.630. The molecule has 0 radical (unpaired) electrons. The topological polar surface area (TPSA) is 26.1 Å². The van der Waals surface area contributed by atoms with E-state index in [1.807, 2.05) is 42.5 Å². The fraction of sp³-hybridized carbons (Fsp3) is 0. The molecule has 0 saturated heterocycles. The molecule has 0 aliphatic heterocycles. The Morgan fingerprint density at radius 2 is 1.56 bits per heavy atom. The lowest BCUT2D eigenvalue weighted by Crippen LogP contribution is -1.98. The molecule has 0 saturated carbocycles. The van der Waals surface area contributed by atoms with Gasteiger partial charge in [-0.2, -0.15) is 4.74 Å². The first kappa shape index (κ1) is 10.9. The second kappa shape index (κ2) is 4.94. The molecule has 80 valence electrons. The summed E-state index contributed by atoms with van der Waals surface area (Å²) in [5, 5.41) is 11.7. The maximum absolute atomic E-state index is 11.7. The van der Waals surface area contributed by atoms with Crippen LogP contribution in [0.5, 0.6) is 0 Å². The Hall–Kier alpha value is -1.61. The third-order valence-electron chi connectivity index (χ3n) is 2.15. The van der Waals surface area contributed by atoms with Crippen molar-refractivity contribution in [3.05, 3.63) is 69.8 Å². The number of para-hydroxylation sites is 1. The van der Waals surface area contributed by atoms with Gasteiger partial charge in [0.1, 0.15) is 0 Å². The zero-order valence-electron chi connectivity index (χ0n) is 8.51. The van der Waals surface area contributed by atoms with E-state index in [0.29, 0.717) is 5.69 Å². The highest BCUT2D eigenvalue weighted by Crippen LogP contribution is 2.11. The summed E-state index contributed by atoms with van der Waals surface area (Å²) < 4.78 is 1.87. The van der Waals surface area contributed by atoms with Gasteiger partial charge in [0.05, 0.1) is 0 Å². The summed E-state index contributed by atoms with van der Waals surface area (Å²) in [6, 6.07) is 16.7. The van der Waals surface area contributed by atoms with Crippen LogP contribution in [-0.4, -0.2) is 11.0 Å². The van der Waals surface area contributed by atoms with E-state index < -0.39 is 0 Å². The van der Waals surface area contributed by atoms with E-state index in [4.69, 9.17) is 0 Å². The summed E-state index contributed by atoms with van der Waals surface area (Å²) in [4.78, 5) is 0. The molecule has 0 amide bonds. The number of hydrogen-bond acceptors (Lipinski definition) is 1. The van der Waals surface area contributed by atoms with Crippen LogP contribution in [-0.2, 0) is 0 Å². The van der Waals surface area contributed by atoms with E-state index >= 15 is 0 Å². The van der Waals surface area contributed by atoms with Gasteiger partial charge < -0.3 is 5.21 Å². The van der Waals surface area contributed by atoms with Gasteiger partial charge in [0, 0.05) is 22.2 Å². The maximum Gasteiger partial charge on any atom is 0.216 e. The number of halogens is 1. The maximum atomic E-state index is 11.7. The van der Waals surface area contributed by atoms with Crippen molar-refractivity contribution in [1.29, 1.82) is 0 Å². The molecule has 0 unspecified atom stereocenters. The van der Waals surface area contributed by atoms with Crippen LogP contribution in [0.4, 0.5) is 5.69 Å². The second-order valence-electron chi connectivity index (χ2n) is 3.34. The predicted octanol–water partition coefficient (Wildman–Crippen LogP) is 3.71. The van der Waals surface area contributed by atoms with Gasteiger partial charge in [-0.3, -0.25) is 0 Å². The lowest BCUT2D eigenvalue weighted by molar-refractivity contribution is -0.354. The van der Waals surface area contributed by atoms with Crippen molar-refractivity contribution in [2.24, 2.45) is 0 Å². The van der Waals surface area contributed by atoms with Gasteiger partial charge in [0.15, 0.2) is 6.21 Å². The van der Waals surface area contributed by atoms with E-state index in [9.17, 15) is 5.21 Å². The van der Waals surface area contributed by atoms with Crippen LogP contribution < -0.4 is 0 Å². The molecule has 2 aromatic carbocycles. The Morgan fingerprint density at radius 1 is 0.938 bits per heavy atom. The molecule has 0 spiro atoms. The quantitative estimate of drug-likeness (QED) is 0.355. The normalized spacial score (nSPS) is 11.4. The summed E-state index contributed by atoms with van der Waals surface area (Å²) in [5.74, 6) is 0. The molecule has 0 atom stereocenters. The Balaban J connectivity index is 2.28. The van der Waals surface area contributed by atoms with Crippen LogP contribution in [0.15, 0.2) is 59.1 Å². The van der Waals surface area contributed by atoms with Gasteiger partial charge in [-0.25, -0.2) is 0 Å². The molecule has 0 heterocycles. The number of benzene rings is 2. The van der Waals surface area contributed by atoms with Crippen molar-refractivity contribution in [2.75, 3.05) is 0 Å². The van der Waals surface area contributed by atoms with Gasteiger partial charge in [-0.1, -0.05) is 34.1 Å². The Kier molecular flexibility index (Phi) is 3.37. The van der Waals surface area contributed by atoms with E-state index in [1.54, 1.807) is 18.3 Å². The average molecular weight is 276 g/mol. The molecule has 0 aromatic heterocycles. The summed E-state index contributed by atoms with van der Waals surface area (Å²) in [6.07, 6.45) is 1.56. The third-order valence-corrected chi connectivity index (χ3v) is 2.68. The van der Waals surface area contributed by atoms with Crippen molar-refractivity contribution in [2.45, 2.75) is 0 Å². The SMILES string of the molecule is [O-][N+](=Cc1ccc(Br)cc1)c1ccccc1. The molecule has 0 bridgehead atoms.